The van der Waals surface area contributed by atoms with Gasteiger partial charge in [0.2, 0.25) is 0 Å². The maximum atomic E-state index is 12.3. The lowest BCUT2D eigenvalue weighted by atomic mass is 10.2. The van der Waals surface area contributed by atoms with E-state index >= 15 is 0 Å². The van der Waals surface area contributed by atoms with Crippen LogP contribution in [0.5, 0.6) is 5.75 Å². The zero-order valence-corrected chi connectivity index (χ0v) is 16.2. The molecule has 130 valence electrons. The van der Waals surface area contributed by atoms with E-state index in [4.69, 9.17) is 10.00 Å². The molecule has 0 spiro atoms. The highest BCUT2D eigenvalue weighted by Gasteiger charge is 2.17. The van der Waals surface area contributed by atoms with Crippen LogP contribution >= 0.6 is 27.3 Å². The Labute approximate surface area is 163 Å². The third kappa shape index (κ3) is 4.48. The summed E-state index contributed by atoms with van der Waals surface area (Å²) in [7, 11) is 0. The number of benzene rings is 2. The van der Waals surface area contributed by atoms with Gasteiger partial charge in [-0.1, -0.05) is 28.1 Å². The minimum Gasteiger partial charge on any atom is -0.481 e. The first kappa shape index (κ1) is 18.1. The van der Waals surface area contributed by atoms with Gasteiger partial charge in [0.1, 0.15) is 5.75 Å². The highest BCUT2D eigenvalue weighted by Crippen LogP contribution is 2.27. The maximum Gasteiger partial charge on any atom is 0.266 e. The third-order valence-electron chi connectivity index (χ3n) is 3.52. The number of nitrogens with one attached hydrogen (secondary N) is 1. The first-order valence-corrected chi connectivity index (χ1v) is 9.41. The SMILES string of the molecule is CC(Oc1ccc(C#N)cc1)C(=O)Nc1nc(-c2cccc(Br)c2)cs1. The van der Waals surface area contributed by atoms with Crippen LogP contribution in [-0.4, -0.2) is 17.0 Å². The molecule has 0 bridgehead atoms. The number of thiazole rings is 1. The molecular formula is C19H14BrN3O2S. The smallest absolute Gasteiger partial charge is 0.266 e. The minimum atomic E-state index is -0.693. The van der Waals surface area contributed by atoms with Gasteiger partial charge in [-0.25, -0.2) is 4.98 Å². The molecule has 2 aromatic carbocycles. The predicted molar refractivity (Wildman–Crippen MR) is 105 cm³/mol. The maximum absolute atomic E-state index is 12.3. The van der Waals surface area contributed by atoms with E-state index in [9.17, 15) is 4.79 Å². The number of ether oxygens (including phenoxy) is 1. The number of nitrogens with zero attached hydrogens (tertiary/aromatic N) is 2. The quantitative estimate of drug-likeness (QED) is 0.631. The summed E-state index contributed by atoms with van der Waals surface area (Å²) in [6.07, 6.45) is -0.693. The predicted octanol–water partition coefficient (Wildman–Crippen LogP) is 4.85. The van der Waals surface area contributed by atoms with Crippen LogP contribution < -0.4 is 10.1 Å². The van der Waals surface area contributed by atoms with Gasteiger partial charge in [0.25, 0.3) is 5.91 Å². The van der Waals surface area contributed by atoms with E-state index in [1.165, 1.54) is 11.3 Å². The van der Waals surface area contributed by atoms with Crippen molar-refractivity contribution in [1.82, 2.24) is 4.98 Å². The Balaban J connectivity index is 1.63. The molecule has 3 rings (SSSR count). The van der Waals surface area contributed by atoms with Crippen molar-refractivity contribution in [3.8, 4) is 23.1 Å². The van der Waals surface area contributed by atoms with Gasteiger partial charge in [0, 0.05) is 15.4 Å². The fourth-order valence-corrected chi connectivity index (χ4v) is 3.31. The molecule has 1 atom stereocenters. The van der Waals surface area contributed by atoms with Gasteiger partial charge in [-0.15, -0.1) is 11.3 Å². The van der Waals surface area contributed by atoms with Crippen molar-refractivity contribution >= 4 is 38.3 Å². The highest BCUT2D eigenvalue weighted by atomic mass is 79.9. The molecular weight excluding hydrogens is 414 g/mol. The Bertz CT molecular complexity index is 963. The van der Waals surface area contributed by atoms with Gasteiger partial charge >= 0.3 is 0 Å². The first-order valence-electron chi connectivity index (χ1n) is 7.74. The summed E-state index contributed by atoms with van der Waals surface area (Å²) >= 11 is 4.79. The zero-order valence-electron chi connectivity index (χ0n) is 13.8. The van der Waals surface area contributed by atoms with Gasteiger partial charge in [0.05, 0.1) is 17.3 Å². The van der Waals surface area contributed by atoms with E-state index in [1.54, 1.807) is 31.2 Å². The van der Waals surface area contributed by atoms with Crippen LogP contribution in [0.3, 0.4) is 0 Å². The molecule has 0 saturated heterocycles. The number of halogens is 1. The molecule has 26 heavy (non-hydrogen) atoms. The van der Waals surface area contributed by atoms with Crippen LogP contribution in [0.15, 0.2) is 58.4 Å². The Kier molecular flexibility index (Phi) is 5.66. The van der Waals surface area contributed by atoms with Crippen LogP contribution in [0.2, 0.25) is 0 Å². The fraction of sp³-hybridized carbons (Fsp3) is 0.105. The molecule has 3 aromatic rings. The third-order valence-corrected chi connectivity index (χ3v) is 4.77. The van der Waals surface area contributed by atoms with Crippen molar-refractivity contribution in [3.05, 3.63) is 63.9 Å². The Morgan fingerprint density at radius 2 is 2.08 bits per heavy atom. The van der Waals surface area contributed by atoms with Crippen LogP contribution in [0.4, 0.5) is 5.13 Å². The van der Waals surface area contributed by atoms with Gasteiger partial charge in [-0.2, -0.15) is 5.26 Å². The lowest BCUT2D eigenvalue weighted by molar-refractivity contribution is -0.122. The highest BCUT2D eigenvalue weighted by molar-refractivity contribution is 9.10. The second-order valence-electron chi connectivity index (χ2n) is 5.43. The number of amides is 1. The zero-order chi connectivity index (χ0) is 18.5. The molecule has 0 radical (unpaired) electrons. The van der Waals surface area contributed by atoms with E-state index in [2.05, 4.69) is 26.2 Å². The topological polar surface area (TPSA) is 75.0 Å². The molecule has 1 N–H and O–H groups in total. The normalized spacial score (nSPS) is 11.4. The Hall–Kier alpha value is -2.69. The number of hydrogen-bond donors (Lipinski definition) is 1. The minimum absolute atomic E-state index is 0.287. The summed E-state index contributed by atoms with van der Waals surface area (Å²) in [4.78, 5) is 16.8. The summed E-state index contributed by atoms with van der Waals surface area (Å²) in [6, 6.07) is 16.5. The van der Waals surface area contributed by atoms with Crippen LogP contribution in [-0.2, 0) is 4.79 Å². The lowest BCUT2D eigenvalue weighted by Crippen LogP contribution is -2.30. The van der Waals surface area contributed by atoms with Crippen molar-refractivity contribution in [1.29, 1.82) is 5.26 Å². The van der Waals surface area contributed by atoms with Crippen LogP contribution in [0.1, 0.15) is 12.5 Å². The van der Waals surface area contributed by atoms with Crippen molar-refractivity contribution in [3.63, 3.8) is 0 Å². The summed E-state index contributed by atoms with van der Waals surface area (Å²) < 4.78 is 6.57. The summed E-state index contributed by atoms with van der Waals surface area (Å²) in [5.41, 5.74) is 2.31. The Morgan fingerprint density at radius 1 is 1.31 bits per heavy atom. The van der Waals surface area contributed by atoms with Crippen molar-refractivity contribution in [2.24, 2.45) is 0 Å². The first-order chi connectivity index (χ1) is 12.5. The van der Waals surface area contributed by atoms with E-state index in [1.807, 2.05) is 35.7 Å². The van der Waals surface area contributed by atoms with E-state index in [-0.39, 0.29) is 5.91 Å². The van der Waals surface area contributed by atoms with Gasteiger partial charge < -0.3 is 4.74 Å². The van der Waals surface area contributed by atoms with E-state index < -0.39 is 6.10 Å². The number of aromatic nitrogens is 1. The summed E-state index contributed by atoms with van der Waals surface area (Å²) in [6.45, 7) is 1.66. The molecule has 1 heterocycles. The summed E-state index contributed by atoms with van der Waals surface area (Å²) in [5.74, 6) is 0.241. The van der Waals surface area contributed by atoms with Crippen molar-refractivity contribution < 1.29 is 9.53 Å². The number of anilines is 1. The van der Waals surface area contributed by atoms with Crippen molar-refractivity contribution in [2.75, 3.05) is 5.32 Å². The monoisotopic (exact) mass is 427 g/mol. The van der Waals surface area contributed by atoms with Gasteiger partial charge in [0.15, 0.2) is 11.2 Å². The number of nitriles is 1. The van der Waals surface area contributed by atoms with E-state index in [0.717, 1.165) is 15.7 Å². The fourth-order valence-electron chi connectivity index (χ4n) is 2.18. The molecule has 1 unspecified atom stereocenters. The number of carbonyl (C=O) groups excluding carboxylic acids is 1. The largest absolute Gasteiger partial charge is 0.481 e. The second kappa shape index (κ2) is 8.13. The molecule has 5 nitrogen and oxygen atoms in total. The lowest BCUT2D eigenvalue weighted by Gasteiger charge is -2.13. The van der Waals surface area contributed by atoms with Gasteiger partial charge in [-0.05, 0) is 43.3 Å². The molecule has 0 aliphatic rings. The number of rotatable bonds is 5. The number of carbonyl (C=O) groups is 1. The molecule has 7 heteroatoms. The van der Waals surface area contributed by atoms with Crippen LogP contribution in [0.25, 0.3) is 11.3 Å². The van der Waals surface area contributed by atoms with Gasteiger partial charge in [-0.3, -0.25) is 10.1 Å². The molecule has 0 aliphatic carbocycles. The van der Waals surface area contributed by atoms with Crippen LogP contribution in [0, 0.1) is 11.3 Å². The number of hydrogen-bond acceptors (Lipinski definition) is 5. The Morgan fingerprint density at radius 3 is 2.77 bits per heavy atom. The second-order valence-corrected chi connectivity index (χ2v) is 7.21. The molecule has 1 aromatic heterocycles. The molecule has 0 fully saturated rings. The molecule has 0 saturated carbocycles. The average Bonchev–Trinajstić information content (AvgIpc) is 3.11. The average molecular weight is 428 g/mol. The van der Waals surface area contributed by atoms with E-state index in [0.29, 0.717) is 16.4 Å². The standard InChI is InChI=1S/C19H14BrN3O2S/c1-12(25-16-7-5-13(10-21)6-8-16)18(24)23-19-22-17(11-26-19)14-3-2-4-15(20)9-14/h2-9,11-12H,1H3,(H,22,23,24). The molecule has 0 aliphatic heterocycles. The summed E-state index contributed by atoms with van der Waals surface area (Å²) in [5, 5.41) is 14.0. The van der Waals surface area contributed by atoms with Crippen molar-refractivity contribution in [2.45, 2.75) is 13.0 Å². The molecule has 1 amide bonds.